The molecule has 0 aliphatic rings. The number of hydrogen-bond acceptors (Lipinski definition) is 4. The van der Waals surface area contributed by atoms with Gasteiger partial charge in [0.15, 0.2) is 10.9 Å². The summed E-state index contributed by atoms with van der Waals surface area (Å²) in [5, 5.41) is 3.41. The number of carbonyl (C=O) groups excluding carboxylic acids is 2. The van der Waals surface area contributed by atoms with Gasteiger partial charge in [-0.05, 0) is 12.5 Å². The summed E-state index contributed by atoms with van der Waals surface area (Å²) in [6.07, 6.45) is 0.283. The summed E-state index contributed by atoms with van der Waals surface area (Å²) in [6.45, 7) is 2.05. The Balaban J connectivity index is 1.52. The first-order valence-corrected chi connectivity index (χ1v) is 10.9. The van der Waals surface area contributed by atoms with Crippen molar-refractivity contribution in [1.82, 2.24) is 4.98 Å². The normalized spacial score (nSPS) is 10.6. The molecular formula is C26H22N2O2S. The Labute approximate surface area is 185 Å². The zero-order valence-electron chi connectivity index (χ0n) is 17.2. The van der Waals surface area contributed by atoms with Gasteiger partial charge >= 0.3 is 0 Å². The van der Waals surface area contributed by atoms with E-state index in [-0.39, 0.29) is 24.5 Å². The number of nitrogens with one attached hydrogen (secondary N) is 1. The van der Waals surface area contributed by atoms with Gasteiger partial charge < -0.3 is 5.32 Å². The van der Waals surface area contributed by atoms with Crippen LogP contribution in [-0.2, 0) is 4.79 Å². The largest absolute Gasteiger partial charge is 0.302 e. The van der Waals surface area contributed by atoms with Crippen molar-refractivity contribution in [2.24, 2.45) is 0 Å². The first-order valence-electron chi connectivity index (χ1n) is 10.1. The predicted octanol–water partition coefficient (Wildman–Crippen LogP) is 6.39. The number of rotatable bonds is 7. The molecular weight excluding hydrogens is 404 g/mol. The highest BCUT2D eigenvalue weighted by atomic mass is 32.1. The molecule has 0 atom stereocenters. The zero-order valence-corrected chi connectivity index (χ0v) is 18.0. The molecule has 0 spiro atoms. The van der Waals surface area contributed by atoms with E-state index in [9.17, 15) is 9.59 Å². The predicted molar refractivity (Wildman–Crippen MR) is 126 cm³/mol. The van der Waals surface area contributed by atoms with Crippen molar-refractivity contribution in [2.45, 2.75) is 19.8 Å². The lowest BCUT2D eigenvalue weighted by atomic mass is 10.1. The molecule has 0 unspecified atom stereocenters. The number of thiazole rings is 1. The second-order valence-corrected chi connectivity index (χ2v) is 8.27. The Kier molecular flexibility index (Phi) is 6.34. The smallest absolute Gasteiger partial charge is 0.226 e. The molecule has 3 aromatic carbocycles. The molecule has 0 aliphatic carbocycles. The van der Waals surface area contributed by atoms with Gasteiger partial charge in [-0.2, -0.15) is 0 Å². The molecule has 4 rings (SSSR count). The fourth-order valence-electron chi connectivity index (χ4n) is 3.24. The fraction of sp³-hybridized carbons (Fsp3) is 0.115. The van der Waals surface area contributed by atoms with E-state index in [0.717, 1.165) is 21.7 Å². The molecule has 1 amide bonds. The number of anilines is 1. The second-order valence-electron chi connectivity index (χ2n) is 7.27. The number of amides is 1. The third-order valence-corrected chi connectivity index (χ3v) is 5.93. The number of benzene rings is 3. The van der Waals surface area contributed by atoms with Gasteiger partial charge in [-0.25, -0.2) is 4.98 Å². The summed E-state index contributed by atoms with van der Waals surface area (Å²) in [6, 6.07) is 27.2. The molecule has 0 saturated carbocycles. The van der Waals surface area contributed by atoms with Gasteiger partial charge in [0.1, 0.15) is 0 Å². The monoisotopic (exact) mass is 426 g/mol. The summed E-state index contributed by atoms with van der Waals surface area (Å²) in [5.74, 6) is -0.256. The SMILES string of the molecule is Cc1ccc(-c2sc(NC(=O)CCC(=O)c3ccccc3)nc2-c2ccccc2)cc1. The maximum absolute atomic E-state index is 12.5. The minimum Gasteiger partial charge on any atom is -0.302 e. The maximum atomic E-state index is 12.5. The van der Waals surface area contributed by atoms with E-state index < -0.39 is 0 Å². The molecule has 31 heavy (non-hydrogen) atoms. The van der Waals surface area contributed by atoms with Crippen molar-refractivity contribution in [3.63, 3.8) is 0 Å². The minimum atomic E-state index is -0.215. The van der Waals surface area contributed by atoms with Crippen molar-refractivity contribution in [3.05, 3.63) is 96.1 Å². The van der Waals surface area contributed by atoms with Crippen LogP contribution >= 0.6 is 11.3 Å². The standard InChI is InChI=1S/C26H22N2O2S/c1-18-12-14-21(15-13-18)25-24(20-10-6-3-7-11-20)28-26(31-25)27-23(30)17-16-22(29)19-8-4-2-5-9-19/h2-15H,16-17H2,1H3,(H,27,28,30). The third-order valence-electron chi connectivity index (χ3n) is 4.91. The quantitative estimate of drug-likeness (QED) is 0.349. The van der Waals surface area contributed by atoms with Crippen LogP contribution in [0.2, 0.25) is 0 Å². The molecule has 0 aliphatic heterocycles. The Morgan fingerprint density at radius 3 is 2.13 bits per heavy atom. The molecule has 4 aromatic rings. The molecule has 0 bridgehead atoms. The van der Waals surface area contributed by atoms with Crippen molar-refractivity contribution in [3.8, 4) is 21.7 Å². The van der Waals surface area contributed by atoms with Crippen molar-refractivity contribution < 1.29 is 9.59 Å². The van der Waals surface area contributed by atoms with Gasteiger partial charge in [0, 0.05) is 24.0 Å². The Hall–Kier alpha value is -3.57. The minimum absolute atomic E-state index is 0.0415. The van der Waals surface area contributed by atoms with E-state index in [1.807, 2.05) is 48.5 Å². The molecule has 0 saturated heterocycles. The number of ketones is 1. The average molecular weight is 427 g/mol. The number of aromatic nitrogens is 1. The van der Waals surface area contributed by atoms with Gasteiger partial charge in [-0.1, -0.05) is 102 Å². The first-order chi connectivity index (χ1) is 15.1. The van der Waals surface area contributed by atoms with E-state index in [4.69, 9.17) is 4.98 Å². The molecule has 0 radical (unpaired) electrons. The molecule has 1 heterocycles. The van der Waals surface area contributed by atoms with Crippen LogP contribution in [0.25, 0.3) is 21.7 Å². The van der Waals surface area contributed by atoms with Gasteiger partial charge in [0.05, 0.1) is 10.6 Å². The third kappa shape index (κ3) is 5.13. The summed E-state index contributed by atoms with van der Waals surface area (Å²) < 4.78 is 0. The van der Waals surface area contributed by atoms with Crippen molar-refractivity contribution in [2.75, 3.05) is 5.32 Å². The fourth-order valence-corrected chi connectivity index (χ4v) is 4.25. The highest BCUT2D eigenvalue weighted by molar-refractivity contribution is 7.19. The molecule has 154 valence electrons. The van der Waals surface area contributed by atoms with E-state index in [1.165, 1.54) is 16.9 Å². The topological polar surface area (TPSA) is 59.1 Å². The first kappa shape index (κ1) is 20.7. The van der Waals surface area contributed by atoms with Gasteiger partial charge in [-0.15, -0.1) is 0 Å². The zero-order chi connectivity index (χ0) is 21.6. The van der Waals surface area contributed by atoms with E-state index in [2.05, 4.69) is 36.5 Å². The van der Waals surface area contributed by atoms with Crippen LogP contribution in [-0.4, -0.2) is 16.7 Å². The van der Waals surface area contributed by atoms with Crippen LogP contribution in [0.1, 0.15) is 28.8 Å². The van der Waals surface area contributed by atoms with Crippen LogP contribution in [0.5, 0.6) is 0 Å². The second kappa shape index (κ2) is 9.49. The van der Waals surface area contributed by atoms with Gasteiger partial charge in [0.2, 0.25) is 5.91 Å². The number of carbonyl (C=O) groups is 2. The van der Waals surface area contributed by atoms with E-state index >= 15 is 0 Å². The van der Waals surface area contributed by atoms with E-state index in [1.54, 1.807) is 12.1 Å². The highest BCUT2D eigenvalue weighted by Gasteiger charge is 2.17. The lowest BCUT2D eigenvalue weighted by Crippen LogP contribution is -2.13. The molecule has 1 aromatic heterocycles. The van der Waals surface area contributed by atoms with Crippen molar-refractivity contribution >= 4 is 28.2 Å². The molecule has 1 N–H and O–H groups in total. The molecule has 0 fully saturated rings. The highest BCUT2D eigenvalue weighted by Crippen LogP contribution is 2.39. The van der Waals surface area contributed by atoms with Crippen molar-refractivity contribution in [1.29, 1.82) is 0 Å². The van der Waals surface area contributed by atoms with Crippen LogP contribution in [0.15, 0.2) is 84.9 Å². The van der Waals surface area contributed by atoms with Gasteiger partial charge in [0.25, 0.3) is 0 Å². The van der Waals surface area contributed by atoms with Crippen LogP contribution < -0.4 is 5.32 Å². The Bertz CT molecular complexity index is 1180. The number of aryl methyl sites for hydroxylation is 1. The molecule has 5 heteroatoms. The van der Waals surface area contributed by atoms with Crippen LogP contribution in [0.3, 0.4) is 0 Å². The average Bonchev–Trinajstić information content (AvgIpc) is 3.22. The lowest BCUT2D eigenvalue weighted by molar-refractivity contribution is -0.116. The van der Waals surface area contributed by atoms with Gasteiger partial charge in [-0.3, -0.25) is 9.59 Å². The maximum Gasteiger partial charge on any atom is 0.226 e. The number of Topliss-reactive ketones (excluding diaryl/α,β-unsaturated/α-hetero) is 1. The number of nitrogens with zero attached hydrogens (tertiary/aromatic N) is 1. The van der Waals surface area contributed by atoms with Crippen LogP contribution in [0, 0.1) is 6.92 Å². The summed E-state index contributed by atoms with van der Waals surface area (Å²) in [5.41, 5.74) is 4.70. The Morgan fingerprint density at radius 2 is 1.45 bits per heavy atom. The summed E-state index contributed by atoms with van der Waals surface area (Å²) >= 11 is 1.44. The van der Waals surface area contributed by atoms with Crippen LogP contribution in [0.4, 0.5) is 5.13 Å². The molecule has 4 nitrogen and oxygen atoms in total. The van der Waals surface area contributed by atoms with E-state index in [0.29, 0.717) is 10.7 Å². The summed E-state index contributed by atoms with van der Waals surface area (Å²) in [7, 11) is 0. The number of hydrogen-bond donors (Lipinski definition) is 1. The Morgan fingerprint density at radius 1 is 0.806 bits per heavy atom. The summed E-state index contributed by atoms with van der Waals surface area (Å²) in [4.78, 5) is 30.5. The lowest BCUT2D eigenvalue weighted by Gasteiger charge is -2.03.